The van der Waals surface area contributed by atoms with Gasteiger partial charge in [-0.25, -0.2) is 9.97 Å². The van der Waals surface area contributed by atoms with Crippen LogP contribution in [-0.2, 0) is 16.1 Å². The normalized spacial score (nSPS) is 18.1. The molecule has 0 spiro atoms. The van der Waals surface area contributed by atoms with E-state index in [1.165, 1.54) is 4.88 Å². The Morgan fingerprint density at radius 2 is 1.77 bits per heavy atom. The number of thiophene rings is 1. The lowest BCUT2D eigenvalue weighted by Gasteiger charge is -2.32. The third-order valence-electron chi connectivity index (χ3n) is 5.68. The maximum absolute atomic E-state index is 11.0. The molecule has 0 atom stereocenters. The van der Waals surface area contributed by atoms with Gasteiger partial charge in [-0.1, -0.05) is 30.3 Å². The average molecular weight is 424 g/mol. The zero-order valence-electron chi connectivity index (χ0n) is 16.9. The molecule has 0 unspecified atom stereocenters. The van der Waals surface area contributed by atoms with Crippen molar-refractivity contribution >= 4 is 33.8 Å². The van der Waals surface area contributed by atoms with E-state index < -0.39 is 0 Å². The van der Waals surface area contributed by atoms with Crippen LogP contribution in [0.25, 0.3) is 21.6 Å². The molecule has 2 saturated heterocycles. The van der Waals surface area contributed by atoms with Crippen molar-refractivity contribution in [1.29, 1.82) is 0 Å². The van der Waals surface area contributed by atoms with Crippen LogP contribution in [0.3, 0.4) is 0 Å². The summed E-state index contributed by atoms with van der Waals surface area (Å²) in [5.74, 6) is 1.79. The van der Waals surface area contributed by atoms with Crippen molar-refractivity contribution in [3.63, 3.8) is 0 Å². The summed E-state index contributed by atoms with van der Waals surface area (Å²) in [6.45, 7) is 7.45. The van der Waals surface area contributed by atoms with Gasteiger partial charge >= 0.3 is 0 Å². The fourth-order valence-electron chi connectivity index (χ4n) is 4.00. The van der Waals surface area contributed by atoms with Crippen LogP contribution in [0.4, 0.5) is 5.82 Å². The third-order valence-corrected chi connectivity index (χ3v) is 6.79. The SMILES string of the molecule is O=CN1CCN(Cc2cc3nc(-c4ccccc4)nc(N4CCOCC4)c3s2)CC1. The predicted octanol–water partition coefficient (Wildman–Crippen LogP) is 2.47. The van der Waals surface area contributed by atoms with Gasteiger partial charge in [0.15, 0.2) is 11.6 Å². The smallest absolute Gasteiger partial charge is 0.209 e. The second-order valence-corrected chi connectivity index (χ2v) is 8.82. The first-order valence-electron chi connectivity index (χ1n) is 10.4. The fourth-order valence-corrected chi connectivity index (χ4v) is 5.15. The number of carbonyl (C=O) groups excluding carboxylic acids is 1. The first-order valence-corrected chi connectivity index (χ1v) is 11.2. The van der Waals surface area contributed by atoms with Gasteiger partial charge in [0.05, 0.1) is 23.4 Å². The highest BCUT2D eigenvalue weighted by molar-refractivity contribution is 7.19. The summed E-state index contributed by atoms with van der Waals surface area (Å²) in [7, 11) is 0. The van der Waals surface area contributed by atoms with E-state index in [0.717, 1.165) is 92.9 Å². The monoisotopic (exact) mass is 423 g/mol. The molecule has 3 aromatic rings. The second kappa shape index (κ2) is 8.67. The number of fused-ring (bicyclic) bond motifs is 1. The first-order chi connectivity index (χ1) is 14.8. The lowest BCUT2D eigenvalue weighted by atomic mass is 10.2. The Bertz CT molecular complexity index is 1010. The average Bonchev–Trinajstić information content (AvgIpc) is 3.22. The number of nitrogens with zero attached hydrogens (tertiary/aromatic N) is 5. The number of amides is 1. The van der Waals surface area contributed by atoms with E-state index in [2.05, 4.69) is 28.0 Å². The zero-order valence-corrected chi connectivity index (χ0v) is 17.7. The van der Waals surface area contributed by atoms with Crippen LogP contribution in [0.15, 0.2) is 36.4 Å². The molecule has 5 rings (SSSR count). The van der Waals surface area contributed by atoms with Gasteiger partial charge < -0.3 is 14.5 Å². The van der Waals surface area contributed by atoms with Crippen molar-refractivity contribution in [2.45, 2.75) is 6.54 Å². The van der Waals surface area contributed by atoms with Crippen LogP contribution in [0, 0.1) is 0 Å². The van der Waals surface area contributed by atoms with E-state index in [-0.39, 0.29) is 0 Å². The Labute approximate surface area is 179 Å². The van der Waals surface area contributed by atoms with E-state index >= 15 is 0 Å². The van der Waals surface area contributed by atoms with Crippen molar-refractivity contribution in [1.82, 2.24) is 19.8 Å². The summed E-state index contributed by atoms with van der Waals surface area (Å²) in [5, 5.41) is 0. The molecule has 2 aliphatic rings. The summed E-state index contributed by atoms with van der Waals surface area (Å²) in [4.78, 5) is 28.7. The molecular formula is C22H25N5O2S. The molecule has 0 radical (unpaired) electrons. The molecule has 2 aromatic heterocycles. The lowest BCUT2D eigenvalue weighted by molar-refractivity contribution is -0.119. The minimum absolute atomic E-state index is 0.728. The number of rotatable bonds is 5. The molecule has 0 saturated carbocycles. The van der Waals surface area contributed by atoms with E-state index in [1.807, 2.05) is 23.1 Å². The number of hydrogen-bond donors (Lipinski definition) is 0. The van der Waals surface area contributed by atoms with Crippen LogP contribution in [0.5, 0.6) is 0 Å². The Kier molecular flexibility index (Phi) is 5.61. The summed E-state index contributed by atoms with van der Waals surface area (Å²) < 4.78 is 6.71. The minimum Gasteiger partial charge on any atom is -0.378 e. The maximum Gasteiger partial charge on any atom is 0.209 e. The molecule has 30 heavy (non-hydrogen) atoms. The topological polar surface area (TPSA) is 61.8 Å². The predicted molar refractivity (Wildman–Crippen MR) is 119 cm³/mol. The van der Waals surface area contributed by atoms with Gasteiger partial charge in [0.2, 0.25) is 6.41 Å². The lowest BCUT2D eigenvalue weighted by Crippen LogP contribution is -2.44. The van der Waals surface area contributed by atoms with Gasteiger partial charge in [0.25, 0.3) is 0 Å². The van der Waals surface area contributed by atoms with Gasteiger partial charge in [-0.15, -0.1) is 11.3 Å². The van der Waals surface area contributed by atoms with Crippen LogP contribution in [0.1, 0.15) is 4.88 Å². The summed E-state index contributed by atoms with van der Waals surface area (Å²) in [5.41, 5.74) is 2.04. The second-order valence-electron chi connectivity index (χ2n) is 7.68. The summed E-state index contributed by atoms with van der Waals surface area (Å²) in [6.07, 6.45) is 0.950. The highest BCUT2D eigenvalue weighted by atomic mass is 32.1. The van der Waals surface area contributed by atoms with Crippen molar-refractivity contribution in [2.24, 2.45) is 0 Å². The van der Waals surface area contributed by atoms with Gasteiger partial charge in [0, 0.05) is 56.3 Å². The minimum atomic E-state index is 0.728. The standard InChI is InChI=1S/C22H25N5O2S/c28-16-26-8-6-25(7-9-26)15-18-14-19-20(30-18)22(27-10-12-29-13-11-27)24-21(23-19)17-4-2-1-3-5-17/h1-5,14,16H,6-13,15H2. The molecule has 0 N–H and O–H groups in total. The van der Waals surface area contributed by atoms with Crippen LogP contribution in [-0.4, -0.2) is 78.7 Å². The highest BCUT2D eigenvalue weighted by Crippen LogP contribution is 2.35. The van der Waals surface area contributed by atoms with Crippen molar-refractivity contribution in [3.05, 3.63) is 41.3 Å². The molecule has 8 heteroatoms. The van der Waals surface area contributed by atoms with Gasteiger partial charge in [-0.3, -0.25) is 9.69 Å². The number of hydrogen-bond acceptors (Lipinski definition) is 7. The molecule has 1 aromatic carbocycles. The molecule has 0 aliphatic carbocycles. The molecular weight excluding hydrogens is 398 g/mol. The Morgan fingerprint density at radius 1 is 1.00 bits per heavy atom. The van der Waals surface area contributed by atoms with Gasteiger partial charge in [-0.05, 0) is 6.07 Å². The van der Waals surface area contributed by atoms with E-state index in [9.17, 15) is 4.79 Å². The van der Waals surface area contributed by atoms with Crippen LogP contribution in [0.2, 0.25) is 0 Å². The Morgan fingerprint density at radius 3 is 2.50 bits per heavy atom. The van der Waals surface area contributed by atoms with Crippen molar-refractivity contribution < 1.29 is 9.53 Å². The number of ether oxygens (including phenoxy) is 1. The number of aromatic nitrogens is 2. The third kappa shape index (κ3) is 4.03. The number of anilines is 1. The first kappa shape index (κ1) is 19.4. The van der Waals surface area contributed by atoms with E-state index in [1.54, 1.807) is 11.3 Å². The number of morpholine rings is 1. The van der Waals surface area contributed by atoms with E-state index in [0.29, 0.717) is 0 Å². The molecule has 2 aliphatic heterocycles. The Hall–Kier alpha value is -2.55. The maximum atomic E-state index is 11.0. The summed E-state index contributed by atoms with van der Waals surface area (Å²) in [6, 6.07) is 12.4. The molecule has 7 nitrogen and oxygen atoms in total. The van der Waals surface area contributed by atoms with Crippen LogP contribution < -0.4 is 4.90 Å². The van der Waals surface area contributed by atoms with Gasteiger partial charge in [-0.2, -0.15) is 0 Å². The molecule has 156 valence electrons. The molecule has 1 amide bonds. The van der Waals surface area contributed by atoms with Gasteiger partial charge in [0.1, 0.15) is 0 Å². The van der Waals surface area contributed by atoms with Crippen molar-refractivity contribution in [2.75, 3.05) is 57.4 Å². The number of carbonyl (C=O) groups is 1. The Balaban J connectivity index is 1.48. The molecule has 0 bridgehead atoms. The van der Waals surface area contributed by atoms with Crippen LogP contribution >= 0.6 is 11.3 Å². The summed E-state index contributed by atoms with van der Waals surface area (Å²) >= 11 is 1.79. The molecule has 2 fully saturated rings. The zero-order chi connectivity index (χ0) is 20.3. The molecule has 4 heterocycles. The van der Waals surface area contributed by atoms with E-state index in [4.69, 9.17) is 14.7 Å². The largest absolute Gasteiger partial charge is 0.378 e. The highest BCUT2D eigenvalue weighted by Gasteiger charge is 2.21. The fraction of sp³-hybridized carbons (Fsp3) is 0.409. The number of piperazine rings is 1. The number of benzene rings is 1. The quantitative estimate of drug-likeness (QED) is 0.588. The van der Waals surface area contributed by atoms with Crippen molar-refractivity contribution in [3.8, 4) is 11.4 Å².